The first-order chi connectivity index (χ1) is 26.3. The van der Waals surface area contributed by atoms with E-state index in [1.54, 1.807) is 12.1 Å². The molecule has 0 bridgehead atoms. The molecule has 55 heavy (non-hydrogen) atoms. The second-order valence-electron chi connectivity index (χ2n) is 12.1. The molecule has 0 aliphatic heterocycles. The van der Waals surface area contributed by atoms with E-state index in [4.69, 9.17) is 9.47 Å². The molecular formula is C38H34N6O11. The van der Waals surface area contributed by atoms with Crippen LogP contribution in [0.1, 0.15) is 60.7 Å². The van der Waals surface area contributed by atoms with Crippen molar-refractivity contribution in [1.29, 1.82) is 5.26 Å². The number of carbonyl (C=O) groups excluding carboxylic acids is 5. The van der Waals surface area contributed by atoms with Crippen molar-refractivity contribution in [1.82, 2.24) is 5.32 Å². The molecule has 1 unspecified atom stereocenters. The maximum atomic E-state index is 13.1. The summed E-state index contributed by atoms with van der Waals surface area (Å²) in [5.74, 6) is -6.25. The summed E-state index contributed by atoms with van der Waals surface area (Å²) in [6, 6.07) is 17.1. The summed E-state index contributed by atoms with van der Waals surface area (Å²) < 4.78 is 10.3. The lowest BCUT2D eigenvalue weighted by atomic mass is 10.1. The predicted octanol–water partition coefficient (Wildman–Crippen LogP) is 4.32. The lowest BCUT2D eigenvalue weighted by molar-refractivity contribution is -0.118. The van der Waals surface area contributed by atoms with E-state index in [0.717, 1.165) is 26.0 Å². The van der Waals surface area contributed by atoms with Crippen molar-refractivity contribution < 1.29 is 53.6 Å². The molecule has 5 rings (SSSR count). The van der Waals surface area contributed by atoms with Crippen LogP contribution in [-0.4, -0.2) is 71.1 Å². The number of benzene rings is 4. The Balaban J connectivity index is 1.20. The average molecular weight is 751 g/mol. The highest BCUT2D eigenvalue weighted by molar-refractivity contribution is 6.10. The van der Waals surface area contributed by atoms with Gasteiger partial charge in [0.05, 0.1) is 43.6 Å². The number of amides is 5. The van der Waals surface area contributed by atoms with E-state index in [-0.39, 0.29) is 63.5 Å². The van der Waals surface area contributed by atoms with Gasteiger partial charge in [-0.2, -0.15) is 5.26 Å². The summed E-state index contributed by atoms with van der Waals surface area (Å²) in [5, 5.41) is 52.6. The zero-order valence-electron chi connectivity index (χ0n) is 29.3. The van der Waals surface area contributed by atoms with Crippen LogP contribution >= 0.6 is 0 Å². The molecule has 8 N–H and O–H groups in total. The highest BCUT2D eigenvalue weighted by atomic mass is 16.5. The number of aromatic hydroxyl groups is 2. The molecule has 17 heteroatoms. The van der Waals surface area contributed by atoms with Gasteiger partial charge in [0, 0.05) is 28.4 Å². The van der Waals surface area contributed by atoms with E-state index >= 15 is 0 Å². The molecule has 0 heterocycles. The number of nitrogens with zero attached hydrogens (tertiary/aromatic N) is 1. The van der Waals surface area contributed by atoms with Crippen LogP contribution in [0.3, 0.4) is 0 Å². The predicted molar refractivity (Wildman–Crippen MR) is 197 cm³/mol. The molecule has 4 aromatic carbocycles. The molecule has 0 spiro atoms. The summed E-state index contributed by atoms with van der Waals surface area (Å²) in [7, 11) is 2.36. The minimum atomic E-state index is -1.42. The lowest BCUT2D eigenvalue weighted by Crippen LogP contribution is -2.43. The fourth-order valence-corrected chi connectivity index (χ4v) is 5.26. The van der Waals surface area contributed by atoms with Crippen molar-refractivity contribution in [2.24, 2.45) is 5.92 Å². The number of hydrogen-bond donors (Lipinski definition) is 8. The van der Waals surface area contributed by atoms with Crippen LogP contribution in [0.2, 0.25) is 0 Å². The van der Waals surface area contributed by atoms with Gasteiger partial charge in [0.25, 0.3) is 17.7 Å². The zero-order chi connectivity index (χ0) is 39.8. The molecule has 282 valence electrons. The van der Waals surface area contributed by atoms with Crippen molar-refractivity contribution in [3.8, 4) is 29.1 Å². The molecule has 17 nitrogen and oxygen atoms in total. The normalized spacial score (nSPS) is 12.2. The van der Waals surface area contributed by atoms with Crippen LogP contribution in [0, 0.1) is 17.2 Å². The largest absolute Gasteiger partial charge is 0.504 e. The average Bonchev–Trinajstić information content (AvgIpc) is 4.01. The first kappa shape index (κ1) is 38.6. The molecule has 1 aliphatic rings. The number of hydrogen-bond acceptors (Lipinski definition) is 11. The van der Waals surface area contributed by atoms with Gasteiger partial charge in [0.15, 0.2) is 23.0 Å². The summed E-state index contributed by atoms with van der Waals surface area (Å²) in [6.45, 7) is 0. The molecule has 1 fully saturated rings. The molecule has 0 saturated heterocycles. The molecule has 1 saturated carbocycles. The Hall–Kier alpha value is -7.61. The SMILES string of the molecule is COc1c(NC(=O)c2ccc(NC(=O)c3ccc(NC(=O)C(CC#N)NC(=O)c4ccc(NC(=O)C5CC5)cc4)cc3)c(OC)c2O)ccc(C(=O)O)c1O. The van der Waals surface area contributed by atoms with Crippen molar-refractivity contribution in [3.05, 3.63) is 95.1 Å². The van der Waals surface area contributed by atoms with E-state index in [1.807, 2.05) is 6.07 Å². The van der Waals surface area contributed by atoms with E-state index in [2.05, 4.69) is 26.6 Å². The van der Waals surface area contributed by atoms with Gasteiger partial charge >= 0.3 is 5.97 Å². The molecule has 1 aliphatic carbocycles. The number of phenols is 2. The fraction of sp³-hybridized carbons (Fsp3) is 0.184. The Labute approximate surface area is 312 Å². The number of ether oxygens (including phenoxy) is 2. The topological polar surface area (TPSA) is 266 Å². The van der Waals surface area contributed by atoms with Crippen LogP contribution in [0.15, 0.2) is 72.8 Å². The van der Waals surface area contributed by atoms with Gasteiger partial charge in [-0.1, -0.05) is 0 Å². The summed E-state index contributed by atoms with van der Waals surface area (Å²) in [4.78, 5) is 75.4. The van der Waals surface area contributed by atoms with Crippen LogP contribution in [-0.2, 0) is 9.59 Å². The first-order valence-electron chi connectivity index (χ1n) is 16.5. The third kappa shape index (κ3) is 9.07. The number of nitrogens with one attached hydrogen (secondary N) is 5. The van der Waals surface area contributed by atoms with Crippen LogP contribution in [0.5, 0.6) is 23.0 Å². The maximum absolute atomic E-state index is 13.1. The minimum Gasteiger partial charge on any atom is -0.504 e. The first-order valence-corrected chi connectivity index (χ1v) is 16.5. The Morgan fingerprint density at radius 1 is 0.691 bits per heavy atom. The minimum absolute atomic E-state index is 0.00676. The highest BCUT2D eigenvalue weighted by Gasteiger charge is 2.30. The van der Waals surface area contributed by atoms with E-state index in [1.165, 1.54) is 61.7 Å². The van der Waals surface area contributed by atoms with Gasteiger partial charge in [0.2, 0.25) is 11.8 Å². The van der Waals surface area contributed by atoms with Gasteiger partial charge in [0.1, 0.15) is 11.6 Å². The lowest BCUT2D eigenvalue weighted by Gasteiger charge is -2.17. The van der Waals surface area contributed by atoms with E-state index < -0.39 is 52.7 Å². The summed E-state index contributed by atoms with van der Waals surface area (Å²) in [6.07, 6.45) is 1.36. The third-order valence-corrected chi connectivity index (χ3v) is 8.34. The summed E-state index contributed by atoms with van der Waals surface area (Å²) in [5.41, 5.74) is 0.268. The van der Waals surface area contributed by atoms with Crippen LogP contribution in [0.25, 0.3) is 0 Å². The number of carboxylic acids is 1. The summed E-state index contributed by atoms with van der Waals surface area (Å²) >= 11 is 0. The maximum Gasteiger partial charge on any atom is 0.339 e. The van der Waals surface area contributed by atoms with Gasteiger partial charge < -0.3 is 51.4 Å². The molecular weight excluding hydrogens is 716 g/mol. The smallest absolute Gasteiger partial charge is 0.339 e. The number of nitriles is 1. The van der Waals surface area contributed by atoms with Crippen molar-refractivity contribution in [2.45, 2.75) is 25.3 Å². The number of rotatable bonds is 14. The Bertz CT molecular complexity index is 2210. The molecule has 4 aromatic rings. The van der Waals surface area contributed by atoms with Gasteiger partial charge in [-0.3, -0.25) is 24.0 Å². The number of anilines is 4. The Morgan fingerprint density at radius 3 is 1.69 bits per heavy atom. The number of phenolic OH excluding ortho intramolecular Hbond substituents is 1. The van der Waals surface area contributed by atoms with Crippen LogP contribution < -0.4 is 36.1 Å². The second kappa shape index (κ2) is 16.8. The molecule has 5 amide bonds. The van der Waals surface area contributed by atoms with E-state index in [0.29, 0.717) is 5.69 Å². The van der Waals surface area contributed by atoms with Gasteiger partial charge in [-0.25, -0.2) is 4.79 Å². The van der Waals surface area contributed by atoms with Crippen LogP contribution in [0.4, 0.5) is 22.7 Å². The van der Waals surface area contributed by atoms with Gasteiger partial charge in [-0.05, 0) is 85.6 Å². The number of carboxylic acid groups (broad SMARTS) is 1. The monoisotopic (exact) mass is 750 g/mol. The van der Waals surface area contributed by atoms with Crippen molar-refractivity contribution >= 4 is 58.3 Å². The van der Waals surface area contributed by atoms with E-state index in [9.17, 15) is 49.3 Å². The third-order valence-electron chi connectivity index (χ3n) is 8.34. The second-order valence-corrected chi connectivity index (χ2v) is 12.1. The highest BCUT2D eigenvalue weighted by Crippen LogP contribution is 2.40. The number of methoxy groups -OCH3 is 2. The van der Waals surface area contributed by atoms with Gasteiger partial charge in [-0.15, -0.1) is 0 Å². The quantitative estimate of drug-likeness (QED) is 0.0896. The van der Waals surface area contributed by atoms with Crippen molar-refractivity contribution in [2.75, 3.05) is 35.5 Å². The standard InChI is InChI=1S/C38H34N6O11/c1-54-31-26(15-13-24(29(31)45)36(50)43-27-16-14-25(38(52)53)30(46)32(27)55-2)42-34(48)20-7-11-23(12-8-20)41-37(51)28(17-18-39)44-35(49)21-5-9-22(10-6-21)40-33(47)19-3-4-19/h5-16,19,28,45-46H,3-4,17H2,1-2H3,(H,40,47)(H,41,51)(H,42,48)(H,43,50)(H,44,49)(H,52,53). The Kier molecular flexibility index (Phi) is 11.8. The number of aromatic carboxylic acids is 1. The number of carbonyl (C=O) groups is 6. The fourth-order valence-electron chi connectivity index (χ4n) is 5.26. The molecule has 0 aromatic heterocycles. The molecule has 0 radical (unpaired) electrons. The van der Waals surface area contributed by atoms with Crippen molar-refractivity contribution in [3.63, 3.8) is 0 Å². The zero-order valence-corrected chi connectivity index (χ0v) is 29.3. The molecule has 1 atom stereocenters. The Morgan fingerprint density at radius 2 is 1.18 bits per heavy atom.